The molecule has 0 unspecified atom stereocenters. The van der Waals surface area contributed by atoms with E-state index in [-0.39, 0.29) is 41.4 Å². The highest BCUT2D eigenvalue weighted by Crippen LogP contribution is 2.63. The van der Waals surface area contributed by atoms with Crippen molar-refractivity contribution < 1.29 is 34.7 Å². The van der Waals surface area contributed by atoms with Gasteiger partial charge in [-0.1, -0.05) is 65.0 Å². The summed E-state index contributed by atoms with van der Waals surface area (Å²) in [6.45, 7) is 12.4. The van der Waals surface area contributed by atoms with Gasteiger partial charge >= 0.3 is 5.97 Å². The van der Waals surface area contributed by atoms with Crippen molar-refractivity contribution in [3.63, 3.8) is 0 Å². The van der Waals surface area contributed by atoms with Crippen molar-refractivity contribution in [2.45, 2.75) is 128 Å². The van der Waals surface area contributed by atoms with Gasteiger partial charge < -0.3 is 29.9 Å². The normalized spacial score (nSPS) is 36.7. The summed E-state index contributed by atoms with van der Waals surface area (Å²) >= 11 is 0. The monoisotopic (exact) mass is 542 g/mol. The molecule has 0 aromatic heterocycles. The first kappa shape index (κ1) is 28.4. The first-order valence-electron chi connectivity index (χ1n) is 14.9. The first-order valence-corrected chi connectivity index (χ1v) is 14.9. The van der Waals surface area contributed by atoms with Crippen molar-refractivity contribution in [1.82, 2.24) is 0 Å². The Hall–Kier alpha value is -2.09. The molecule has 0 radical (unpaired) electrons. The standard InChI is InChI=1S/C32H46O7/c1-6-7-8-9-10-11-20-14-19-15-23(33)26(29(35)36)28-25(19)27(38-20)21-13-12-18(2)22-16-30(3,4)32(22,37)24(34)17-31(21,5)39-28/h15,20-22,24,27,33-34,37H,2,6-14,16-17H2,1,3-5H3,(H,35,36)/t20-,21+,22-,24+,27+,31-,32-/m1/s1. The van der Waals surface area contributed by atoms with Gasteiger partial charge in [0.25, 0.3) is 0 Å². The molecule has 7 atom stereocenters. The second-order valence-corrected chi connectivity index (χ2v) is 13.5. The summed E-state index contributed by atoms with van der Waals surface area (Å²) in [5.74, 6) is -1.82. The summed E-state index contributed by atoms with van der Waals surface area (Å²) in [6, 6.07) is 1.59. The maximum Gasteiger partial charge on any atom is 0.343 e. The number of hydrogen-bond donors (Lipinski definition) is 4. The summed E-state index contributed by atoms with van der Waals surface area (Å²) in [7, 11) is 0. The molecule has 216 valence electrons. The fraction of sp³-hybridized carbons (Fsp3) is 0.719. The number of unbranched alkanes of at least 4 members (excludes halogenated alkanes) is 4. The Morgan fingerprint density at radius 3 is 2.54 bits per heavy atom. The number of carboxylic acid groups (broad SMARTS) is 1. The molecule has 2 heterocycles. The van der Waals surface area contributed by atoms with Gasteiger partial charge in [-0.2, -0.15) is 0 Å². The lowest BCUT2D eigenvalue weighted by molar-refractivity contribution is -0.253. The molecule has 2 saturated carbocycles. The van der Waals surface area contributed by atoms with Gasteiger partial charge in [0.05, 0.1) is 18.3 Å². The molecule has 1 aromatic carbocycles. The topological polar surface area (TPSA) is 116 Å². The van der Waals surface area contributed by atoms with Crippen LogP contribution in [0.15, 0.2) is 18.2 Å². The highest BCUT2D eigenvalue weighted by molar-refractivity contribution is 5.95. The van der Waals surface area contributed by atoms with E-state index in [1.165, 1.54) is 19.3 Å². The second kappa shape index (κ2) is 10.1. The van der Waals surface area contributed by atoms with Gasteiger partial charge in [0.2, 0.25) is 0 Å². The fourth-order valence-corrected chi connectivity index (χ4v) is 8.16. The van der Waals surface area contributed by atoms with Gasteiger partial charge in [0, 0.05) is 23.8 Å². The number of aliphatic hydroxyl groups excluding tert-OH is 1. The second-order valence-electron chi connectivity index (χ2n) is 13.5. The predicted octanol–water partition coefficient (Wildman–Crippen LogP) is 6.08. The number of carbonyl (C=O) groups is 1. The number of aromatic carboxylic acids is 1. The van der Waals surface area contributed by atoms with Crippen LogP contribution in [-0.2, 0) is 11.2 Å². The SMILES string of the molecule is C=C1CC[C@H]2[C@@H]3O[C@H](CCCCCCC)Cc4cc(O)c(C(=O)O)c(c43)O[C@]2(C)C[C@H](O)[C@]2(O)[C@@H]1CC2(C)C. The van der Waals surface area contributed by atoms with Crippen molar-refractivity contribution in [2.24, 2.45) is 17.3 Å². The number of carboxylic acids is 1. The van der Waals surface area contributed by atoms with Crippen molar-refractivity contribution in [2.75, 3.05) is 0 Å². The Bertz CT molecular complexity index is 1140. The molecule has 2 fully saturated rings. The van der Waals surface area contributed by atoms with Crippen LogP contribution in [0.25, 0.3) is 0 Å². The lowest BCUT2D eigenvalue weighted by Crippen LogP contribution is -2.69. The van der Waals surface area contributed by atoms with E-state index in [1.807, 2.05) is 20.8 Å². The number of fused-ring (bicyclic) bond motifs is 3. The third kappa shape index (κ3) is 4.49. The number of hydrogen-bond acceptors (Lipinski definition) is 6. The van der Waals surface area contributed by atoms with E-state index >= 15 is 0 Å². The molecule has 1 aromatic rings. The van der Waals surface area contributed by atoms with E-state index in [0.717, 1.165) is 42.4 Å². The molecule has 2 aliphatic heterocycles. The van der Waals surface area contributed by atoms with Crippen LogP contribution < -0.4 is 4.74 Å². The largest absolute Gasteiger partial charge is 0.507 e. The van der Waals surface area contributed by atoms with E-state index in [9.17, 15) is 25.2 Å². The average Bonchev–Trinajstić information content (AvgIpc) is 2.87. The molecule has 7 heteroatoms. The van der Waals surface area contributed by atoms with Crippen molar-refractivity contribution in [1.29, 1.82) is 0 Å². The number of aliphatic hydroxyl groups is 2. The first-order chi connectivity index (χ1) is 18.3. The van der Waals surface area contributed by atoms with E-state index < -0.39 is 34.8 Å². The zero-order valence-corrected chi connectivity index (χ0v) is 24.0. The molecule has 4 N–H and O–H groups in total. The Balaban J connectivity index is 1.55. The van der Waals surface area contributed by atoms with E-state index in [4.69, 9.17) is 9.47 Å². The zero-order chi connectivity index (χ0) is 28.3. The molecular formula is C32H46O7. The predicted molar refractivity (Wildman–Crippen MR) is 148 cm³/mol. The third-order valence-corrected chi connectivity index (χ3v) is 10.5. The average molecular weight is 543 g/mol. The number of phenols is 1. The number of benzene rings is 1. The summed E-state index contributed by atoms with van der Waals surface area (Å²) in [4.78, 5) is 12.3. The molecular weight excluding hydrogens is 496 g/mol. The van der Waals surface area contributed by atoms with Gasteiger partial charge in [0.1, 0.15) is 28.3 Å². The number of ether oxygens (including phenoxy) is 2. The minimum Gasteiger partial charge on any atom is -0.507 e. The molecule has 2 aliphatic carbocycles. The molecule has 0 amide bonds. The van der Waals surface area contributed by atoms with Gasteiger partial charge in [-0.15, -0.1) is 0 Å². The summed E-state index contributed by atoms with van der Waals surface area (Å²) in [5.41, 5.74) is -0.596. The summed E-state index contributed by atoms with van der Waals surface area (Å²) in [6.07, 6.45) is 7.94. The van der Waals surface area contributed by atoms with Crippen LogP contribution in [-0.4, -0.2) is 49.8 Å². The van der Waals surface area contributed by atoms with Gasteiger partial charge in [-0.3, -0.25) is 0 Å². The summed E-state index contributed by atoms with van der Waals surface area (Å²) < 4.78 is 13.4. The number of aromatic hydroxyl groups is 1. The molecule has 0 saturated heterocycles. The molecule has 0 bridgehead atoms. The van der Waals surface area contributed by atoms with Gasteiger partial charge in [0.15, 0.2) is 0 Å². The van der Waals surface area contributed by atoms with Crippen LogP contribution in [0.2, 0.25) is 0 Å². The third-order valence-electron chi connectivity index (χ3n) is 10.5. The van der Waals surface area contributed by atoms with E-state index in [0.29, 0.717) is 19.3 Å². The van der Waals surface area contributed by atoms with Crippen molar-refractivity contribution >= 4 is 5.97 Å². The molecule has 5 rings (SSSR count). The minimum atomic E-state index is -1.35. The van der Waals surface area contributed by atoms with Crippen molar-refractivity contribution in [3.8, 4) is 11.5 Å². The van der Waals surface area contributed by atoms with Gasteiger partial charge in [-0.05, 0) is 56.1 Å². The maximum absolute atomic E-state index is 12.3. The van der Waals surface area contributed by atoms with Crippen LogP contribution in [0, 0.1) is 17.3 Å². The maximum atomic E-state index is 12.3. The summed E-state index contributed by atoms with van der Waals surface area (Å²) in [5, 5.41) is 44.4. The van der Waals surface area contributed by atoms with E-state index in [1.54, 1.807) is 6.07 Å². The fourth-order valence-electron chi connectivity index (χ4n) is 8.16. The smallest absolute Gasteiger partial charge is 0.343 e. The molecule has 4 aliphatic rings. The van der Waals surface area contributed by atoms with Crippen molar-refractivity contribution in [3.05, 3.63) is 34.9 Å². The Morgan fingerprint density at radius 2 is 1.87 bits per heavy atom. The van der Waals surface area contributed by atoms with Crippen LogP contribution in [0.5, 0.6) is 11.5 Å². The highest BCUT2D eigenvalue weighted by atomic mass is 16.5. The molecule has 7 nitrogen and oxygen atoms in total. The minimum absolute atomic E-state index is 0.0468. The van der Waals surface area contributed by atoms with Crippen LogP contribution in [0.3, 0.4) is 0 Å². The lowest BCUT2D eigenvalue weighted by atomic mass is 9.48. The zero-order valence-electron chi connectivity index (χ0n) is 24.0. The molecule has 39 heavy (non-hydrogen) atoms. The van der Waals surface area contributed by atoms with Crippen LogP contribution >= 0.6 is 0 Å². The number of rotatable bonds is 7. The molecule has 0 spiro atoms. The Morgan fingerprint density at radius 1 is 1.15 bits per heavy atom. The van der Waals surface area contributed by atoms with Crippen LogP contribution in [0.1, 0.15) is 119 Å². The Kier molecular flexibility index (Phi) is 7.35. The quantitative estimate of drug-likeness (QED) is 0.244. The van der Waals surface area contributed by atoms with Gasteiger partial charge in [-0.25, -0.2) is 4.79 Å². The van der Waals surface area contributed by atoms with E-state index in [2.05, 4.69) is 13.5 Å². The Labute approximate surface area is 232 Å². The van der Waals surface area contributed by atoms with Crippen LogP contribution in [0.4, 0.5) is 0 Å². The lowest BCUT2D eigenvalue weighted by Gasteiger charge is -2.62. The highest BCUT2D eigenvalue weighted by Gasteiger charge is 2.66.